The Morgan fingerprint density at radius 2 is 1.92 bits per heavy atom. The molecule has 0 radical (unpaired) electrons. The van der Waals surface area contributed by atoms with Gasteiger partial charge >= 0.3 is 6.18 Å². The van der Waals surface area contributed by atoms with Gasteiger partial charge in [-0.25, -0.2) is 0 Å². The Morgan fingerprint density at radius 1 is 1.25 bits per heavy atom. The van der Waals surface area contributed by atoms with Gasteiger partial charge in [-0.1, -0.05) is 32.1 Å². The van der Waals surface area contributed by atoms with Gasteiger partial charge in [0.15, 0.2) is 0 Å². The van der Waals surface area contributed by atoms with E-state index in [4.69, 9.17) is 4.74 Å². The van der Waals surface area contributed by atoms with Gasteiger partial charge in [-0.2, -0.15) is 13.2 Å². The number of allylic oxidation sites excluding steroid dienone is 2. The van der Waals surface area contributed by atoms with Crippen LogP contribution in [0.1, 0.15) is 39.2 Å². The number of rotatable bonds is 3. The van der Waals surface area contributed by atoms with E-state index >= 15 is 0 Å². The van der Waals surface area contributed by atoms with Crippen LogP contribution in [0.3, 0.4) is 0 Å². The first-order valence-electron chi connectivity index (χ1n) is 8.19. The van der Waals surface area contributed by atoms with Crippen LogP contribution in [0.25, 0.3) is 0 Å². The highest BCUT2D eigenvalue weighted by Crippen LogP contribution is 2.36. The van der Waals surface area contributed by atoms with Crippen molar-refractivity contribution in [3.8, 4) is 5.75 Å². The van der Waals surface area contributed by atoms with Crippen molar-refractivity contribution in [2.24, 2.45) is 5.92 Å². The van der Waals surface area contributed by atoms with Gasteiger partial charge in [-0.3, -0.25) is 0 Å². The molecule has 1 aromatic carbocycles. The van der Waals surface area contributed by atoms with Crippen molar-refractivity contribution in [2.45, 2.75) is 52.8 Å². The number of hydrogen-bond acceptors (Lipinski definition) is 2. The summed E-state index contributed by atoms with van der Waals surface area (Å²) in [4.78, 5) is 0. The quantitative estimate of drug-likeness (QED) is 0.779. The Hall–Kier alpha value is -1.75. The monoisotopic (exact) mass is 342 g/mol. The third kappa shape index (κ3) is 5.71. The molecule has 134 valence electrons. The second kappa shape index (κ2) is 8.92. The summed E-state index contributed by atoms with van der Waals surface area (Å²) >= 11 is 0. The zero-order chi connectivity index (χ0) is 18.3. The molecular formula is C19H25F3O2. The molecule has 2 atom stereocenters. The third-order valence-electron chi connectivity index (χ3n) is 3.56. The molecule has 0 amide bonds. The predicted molar refractivity (Wildman–Crippen MR) is 89.8 cm³/mol. The van der Waals surface area contributed by atoms with E-state index in [-0.39, 0.29) is 18.4 Å². The Labute approximate surface area is 141 Å². The maximum Gasteiger partial charge on any atom is 0.395 e. The molecule has 2 nitrogen and oxygen atoms in total. The number of hydrogen-bond donors (Lipinski definition) is 1. The standard InChI is InChI=1S/C17H19F3O2.C2H6/c1-11-5-3-7-14(9-11)22-16-8-4-6-13(17(18,19)20)10-15(16)12(2)21;1-2/h3,5,7-10,12-13,21H,4,6H2,1-2H3;1-2H3/t12-,13?;/m0./s1. The summed E-state index contributed by atoms with van der Waals surface area (Å²) in [5.41, 5.74) is 1.17. The molecule has 0 saturated carbocycles. The summed E-state index contributed by atoms with van der Waals surface area (Å²) in [6.45, 7) is 7.34. The first-order valence-corrected chi connectivity index (χ1v) is 8.19. The second-order valence-corrected chi connectivity index (χ2v) is 5.51. The molecule has 0 spiro atoms. The van der Waals surface area contributed by atoms with Crippen molar-refractivity contribution >= 4 is 0 Å². The van der Waals surface area contributed by atoms with Crippen molar-refractivity contribution in [1.29, 1.82) is 0 Å². The zero-order valence-electron chi connectivity index (χ0n) is 14.5. The summed E-state index contributed by atoms with van der Waals surface area (Å²) in [6, 6.07) is 7.25. The molecule has 1 aliphatic carbocycles. The average molecular weight is 342 g/mol. The van der Waals surface area contributed by atoms with E-state index in [1.807, 2.05) is 32.9 Å². The van der Waals surface area contributed by atoms with Crippen molar-refractivity contribution in [1.82, 2.24) is 0 Å². The predicted octanol–water partition coefficient (Wildman–Crippen LogP) is 5.56. The summed E-state index contributed by atoms with van der Waals surface area (Å²) in [7, 11) is 0. The number of halogens is 3. The van der Waals surface area contributed by atoms with Gasteiger partial charge in [-0.15, -0.1) is 0 Å². The Balaban J connectivity index is 0.00000139. The van der Waals surface area contributed by atoms with Gasteiger partial charge in [0.05, 0.1) is 12.0 Å². The van der Waals surface area contributed by atoms with Crippen LogP contribution in [0, 0.1) is 12.8 Å². The van der Waals surface area contributed by atoms with Crippen molar-refractivity contribution < 1.29 is 23.0 Å². The van der Waals surface area contributed by atoms with E-state index < -0.39 is 18.2 Å². The third-order valence-corrected chi connectivity index (χ3v) is 3.56. The first-order chi connectivity index (χ1) is 11.3. The number of benzene rings is 1. The van der Waals surface area contributed by atoms with E-state index in [0.717, 1.165) is 11.6 Å². The molecule has 0 heterocycles. The minimum Gasteiger partial charge on any atom is -0.457 e. The minimum absolute atomic E-state index is 0.0413. The summed E-state index contributed by atoms with van der Waals surface area (Å²) in [5, 5.41) is 9.83. The summed E-state index contributed by atoms with van der Waals surface area (Å²) in [6.07, 6.45) is -2.43. The normalized spacial score (nSPS) is 19.2. The smallest absolute Gasteiger partial charge is 0.395 e. The van der Waals surface area contributed by atoms with E-state index in [2.05, 4.69) is 0 Å². The van der Waals surface area contributed by atoms with E-state index in [9.17, 15) is 18.3 Å². The van der Waals surface area contributed by atoms with Gasteiger partial charge < -0.3 is 9.84 Å². The van der Waals surface area contributed by atoms with Crippen LogP contribution in [0.2, 0.25) is 0 Å². The number of alkyl halides is 3. The summed E-state index contributed by atoms with van der Waals surface area (Å²) in [5.74, 6) is -0.720. The van der Waals surface area contributed by atoms with Crippen LogP contribution >= 0.6 is 0 Å². The molecule has 1 aromatic rings. The molecular weight excluding hydrogens is 317 g/mol. The fourth-order valence-electron chi connectivity index (χ4n) is 2.40. The lowest BCUT2D eigenvalue weighted by Gasteiger charge is -2.18. The highest BCUT2D eigenvalue weighted by atomic mass is 19.4. The number of aliphatic hydroxyl groups excluding tert-OH is 1. The number of ether oxygens (including phenoxy) is 1. The van der Waals surface area contributed by atoms with Crippen LogP contribution < -0.4 is 4.74 Å². The minimum atomic E-state index is -4.31. The van der Waals surface area contributed by atoms with Crippen LogP contribution in [-0.2, 0) is 0 Å². The lowest BCUT2D eigenvalue weighted by molar-refractivity contribution is -0.162. The fourth-order valence-corrected chi connectivity index (χ4v) is 2.40. The Morgan fingerprint density at radius 3 is 2.46 bits per heavy atom. The second-order valence-electron chi connectivity index (χ2n) is 5.51. The van der Waals surface area contributed by atoms with E-state index in [0.29, 0.717) is 11.5 Å². The lowest BCUT2D eigenvalue weighted by Crippen LogP contribution is -2.22. The van der Waals surface area contributed by atoms with Gasteiger partial charge in [0, 0.05) is 5.57 Å². The van der Waals surface area contributed by atoms with Crippen LogP contribution in [0.4, 0.5) is 13.2 Å². The maximum absolute atomic E-state index is 13.0. The maximum atomic E-state index is 13.0. The van der Waals surface area contributed by atoms with Crippen LogP contribution in [0.5, 0.6) is 5.75 Å². The van der Waals surface area contributed by atoms with Crippen molar-refractivity contribution in [3.05, 3.63) is 53.3 Å². The Kier molecular flexibility index (Phi) is 7.55. The topological polar surface area (TPSA) is 29.5 Å². The fraction of sp³-hybridized carbons (Fsp3) is 0.474. The van der Waals surface area contributed by atoms with Gasteiger partial charge in [0.25, 0.3) is 0 Å². The molecule has 0 aromatic heterocycles. The van der Waals surface area contributed by atoms with Gasteiger partial charge in [-0.05, 0) is 50.5 Å². The molecule has 1 N–H and O–H groups in total. The van der Waals surface area contributed by atoms with Crippen LogP contribution in [-0.4, -0.2) is 17.4 Å². The van der Waals surface area contributed by atoms with Crippen molar-refractivity contribution in [2.75, 3.05) is 0 Å². The highest BCUT2D eigenvalue weighted by Gasteiger charge is 2.39. The lowest BCUT2D eigenvalue weighted by atomic mass is 10.00. The van der Waals surface area contributed by atoms with Gasteiger partial charge in [0.2, 0.25) is 0 Å². The molecule has 0 saturated heterocycles. The van der Waals surface area contributed by atoms with E-state index in [1.54, 1.807) is 18.2 Å². The molecule has 0 bridgehead atoms. The average Bonchev–Trinajstić information content (AvgIpc) is 2.72. The van der Waals surface area contributed by atoms with Gasteiger partial charge in [0.1, 0.15) is 11.5 Å². The molecule has 1 aliphatic rings. The number of aryl methyl sites for hydroxylation is 1. The van der Waals surface area contributed by atoms with Crippen molar-refractivity contribution in [3.63, 3.8) is 0 Å². The molecule has 24 heavy (non-hydrogen) atoms. The Bertz CT molecular complexity index is 587. The first kappa shape index (κ1) is 20.3. The molecule has 2 rings (SSSR count). The van der Waals surface area contributed by atoms with E-state index in [1.165, 1.54) is 6.92 Å². The zero-order valence-corrected chi connectivity index (χ0v) is 14.5. The largest absolute Gasteiger partial charge is 0.457 e. The molecule has 0 aliphatic heterocycles. The summed E-state index contributed by atoms with van der Waals surface area (Å²) < 4.78 is 44.6. The number of aliphatic hydroxyl groups is 1. The molecule has 0 fully saturated rings. The molecule has 1 unspecified atom stereocenters. The highest BCUT2D eigenvalue weighted by molar-refractivity contribution is 5.37. The van der Waals surface area contributed by atoms with Crippen LogP contribution in [0.15, 0.2) is 47.7 Å². The molecule has 5 heteroatoms. The SMILES string of the molecule is CC.Cc1cccc(OC2=CCCC(C(F)(F)F)C=C2[C@H](C)O)c1.